The average molecular weight is 260 g/mol. The molecule has 8 heteroatoms. The number of nitrogens with zero attached hydrogens (tertiary/aromatic N) is 3. The van der Waals surface area contributed by atoms with Crippen LogP contribution in [0.25, 0.3) is 0 Å². The fourth-order valence-corrected chi connectivity index (χ4v) is 3.10. The van der Waals surface area contributed by atoms with E-state index >= 15 is 0 Å². The molecule has 0 spiro atoms. The monoisotopic (exact) mass is 260 g/mol. The zero-order valence-corrected chi connectivity index (χ0v) is 10.4. The third-order valence-electron chi connectivity index (χ3n) is 2.29. The quantitative estimate of drug-likeness (QED) is 0.796. The summed E-state index contributed by atoms with van der Waals surface area (Å²) in [5.41, 5.74) is 0. The molecule has 1 amide bonds. The first kappa shape index (κ1) is 11.5. The highest BCUT2D eigenvalue weighted by Gasteiger charge is 2.23. The van der Waals surface area contributed by atoms with Crippen molar-refractivity contribution in [3.8, 4) is 0 Å². The van der Waals surface area contributed by atoms with Gasteiger partial charge in [-0.2, -0.15) is 0 Å². The Morgan fingerprint density at radius 3 is 2.69 bits per heavy atom. The van der Waals surface area contributed by atoms with E-state index in [1.165, 1.54) is 11.3 Å². The van der Waals surface area contributed by atoms with Crippen molar-refractivity contribution in [3.05, 3.63) is 5.01 Å². The van der Waals surface area contributed by atoms with Gasteiger partial charge >= 0.3 is 0 Å². The lowest BCUT2D eigenvalue weighted by Gasteiger charge is -2.25. The van der Waals surface area contributed by atoms with Gasteiger partial charge in [0, 0.05) is 42.4 Å². The van der Waals surface area contributed by atoms with Crippen LogP contribution >= 0.6 is 11.3 Å². The summed E-state index contributed by atoms with van der Waals surface area (Å²) < 4.78 is 11.2. The van der Waals surface area contributed by atoms with Crippen LogP contribution in [0.5, 0.6) is 0 Å². The standard InChI is InChI=1S/C8H12N4O2S2/c1-9-8-11-10-6(15-8)7(13)12-2-4-16(14)5-3-12/h2-5H2,1H3,(H,9,11). The van der Waals surface area contributed by atoms with Gasteiger partial charge in [0.2, 0.25) is 10.1 Å². The molecule has 0 bridgehead atoms. The third kappa shape index (κ3) is 2.38. The Balaban J connectivity index is 2.04. The van der Waals surface area contributed by atoms with Crippen molar-refractivity contribution >= 4 is 33.2 Å². The fraction of sp³-hybridized carbons (Fsp3) is 0.625. The number of nitrogens with one attached hydrogen (secondary N) is 1. The van der Waals surface area contributed by atoms with Crippen LogP contribution in [0.3, 0.4) is 0 Å². The molecule has 1 aliphatic rings. The van der Waals surface area contributed by atoms with Crippen molar-refractivity contribution < 1.29 is 9.00 Å². The Morgan fingerprint density at radius 2 is 2.12 bits per heavy atom. The minimum absolute atomic E-state index is 0.115. The van der Waals surface area contributed by atoms with E-state index in [1.54, 1.807) is 11.9 Å². The van der Waals surface area contributed by atoms with Crippen molar-refractivity contribution in [2.45, 2.75) is 0 Å². The summed E-state index contributed by atoms with van der Waals surface area (Å²) in [6.45, 7) is 1.08. The van der Waals surface area contributed by atoms with Gasteiger partial charge in [0.1, 0.15) is 0 Å². The van der Waals surface area contributed by atoms with Crippen molar-refractivity contribution in [2.24, 2.45) is 0 Å². The second kappa shape index (κ2) is 4.88. The highest BCUT2D eigenvalue weighted by molar-refractivity contribution is 7.85. The molecule has 6 nitrogen and oxygen atoms in total. The maximum Gasteiger partial charge on any atom is 0.284 e. The Hall–Kier alpha value is -1.02. The SMILES string of the molecule is CNc1nnc(C(=O)N2CCS(=O)CC2)s1. The first-order valence-corrected chi connectivity index (χ1v) is 7.16. The van der Waals surface area contributed by atoms with E-state index in [0.717, 1.165) is 0 Å². The molecule has 1 fully saturated rings. The molecular formula is C8H12N4O2S2. The van der Waals surface area contributed by atoms with E-state index in [1.807, 2.05) is 0 Å². The van der Waals surface area contributed by atoms with Gasteiger partial charge < -0.3 is 10.2 Å². The van der Waals surface area contributed by atoms with E-state index in [2.05, 4.69) is 15.5 Å². The van der Waals surface area contributed by atoms with Crippen LogP contribution in [0.1, 0.15) is 9.80 Å². The fourth-order valence-electron chi connectivity index (χ4n) is 1.39. The molecular weight excluding hydrogens is 248 g/mol. The summed E-state index contributed by atoms with van der Waals surface area (Å²) >= 11 is 1.24. The van der Waals surface area contributed by atoms with Crippen LogP contribution in [-0.2, 0) is 10.8 Å². The molecule has 0 atom stereocenters. The number of carbonyl (C=O) groups excluding carboxylic acids is 1. The van der Waals surface area contributed by atoms with Crippen molar-refractivity contribution in [1.82, 2.24) is 15.1 Å². The van der Waals surface area contributed by atoms with E-state index in [9.17, 15) is 9.00 Å². The molecule has 1 aliphatic heterocycles. The number of hydrogen-bond acceptors (Lipinski definition) is 6. The van der Waals surface area contributed by atoms with Gasteiger partial charge in [0.05, 0.1) is 0 Å². The van der Waals surface area contributed by atoms with Gasteiger partial charge in [0.25, 0.3) is 5.91 Å². The van der Waals surface area contributed by atoms with E-state index in [4.69, 9.17) is 0 Å². The molecule has 1 N–H and O–H groups in total. The van der Waals surface area contributed by atoms with Crippen LogP contribution in [0, 0.1) is 0 Å². The Bertz CT molecular complexity index is 410. The van der Waals surface area contributed by atoms with Gasteiger partial charge in [0.15, 0.2) is 0 Å². The lowest BCUT2D eigenvalue weighted by atomic mass is 10.4. The topological polar surface area (TPSA) is 75.2 Å². The van der Waals surface area contributed by atoms with Crippen LogP contribution in [0.2, 0.25) is 0 Å². The summed E-state index contributed by atoms with van der Waals surface area (Å²) in [4.78, 5) is 13.6. The predicted octanol–water partition coefficient (Wildman–Crippen LogP) is -0.216. The lowest BCUT2D eigenvalue weighted by molar-refractivity contribution is 0.0770. The van der Waals surface area contributed by atoms with Gasteiger partial charge in [-0.1, -0.05) is 11.3 Å². The van der Waals surface area contributed by atoms with E-state index < -0.39 is 10.8 Å². The largest absolute Gasteiger partial charge is 0.363 e. The molecule has 1 saturated heterocycles. The molecule has 2 rings (SSSR count). The molecule has 16 heavy (non-hydrogen) atoms. The number of amides is 1. The van der Waals surface area contributed by atoms with E-state index in [0.29, 0.717) is 34.7 Å². The molecule has 0 radical (unpaired) electrons. The van der Waals surface area contributed by atoms with Gasteiger partial charge in [-0.05, 0) is 0 Å². The molecule has 0 unspecified atom stereocenters. The maximum absolute atomic E-state index is 11.9. The molecule has 2 heterocycles. The summed E-state index contributed by atoms with van der Waals surface area (Å²) in [5.74, 6) is 1.00. The Labute approximate surface area is 99.5 Å². The summed E-state index contributed by atoms with van der Waals surface area (Å²) in [5, 5.41) is 11.5. The smallest absolute Gasteiger partial charge is 0.284 e. The first-order valence-electron chi connectivity index (χ1n) is 4.86. The highest BCUT2D eigenvalue weighted by Crippen LogP contribution is 2.16. The van der Waals surface area contributed by atoms with Crippen LogP contribution in [0.4, 0.5) is 5.13 Å². The summed E-state index contributed by atoms with van der Waals surface area (Å²) in [7, 11) is 0.966. The van der Waals surface area contributed by atoms with Crippen molar-refractivity contribution in [1.29, 1.82) is 0 Å². The average Bonchev–Trinajstić information content (AvgIpc) is 2.77. The maximum atomic E-state index is 11.9. The first-order chi connectivity index (χ1) is 7.70. The summed E-state index contributed by atoms with van der Waals surface area (Å²) in [6, 6.07) is 0. The predicted molar refractivity (Wildman–Crippen MR) is 63.2 cm³/mol. The second-order valence-corrected chi connectivity index (χ2v) is 5.98. The molecule has 0 aliphatic carbocycles. The zero-order chi connectivity index (χ0) is 11.5. The summed E-state index contributed by atoms with van der Waals surface area (Å²) in [6.07, 6.45) is 0. The number of aromatic nitrogens is 2. The minimum atomic E-state index is -0.769. The van der Waals surface area contributed by atoms with Crippen LogP contribution in [0.15, 0.2) is 0 Å². The molecule has 0 saturated carbocycles. The van der Waals surface area contributed by atoms with Gasteiger partial charge in [-0.25, -0.2) is 0 Å². The van der Waals surface area contributed by atoms with Crippen LogP contribution in [-0.4, -0.2) is 56.9 Å². The van der Waals surface area contributed by atoms with Crippen molar-refractivity contribution in [3.63, 3.8) is 0 Å². The normalized spacial score (nSPS) is 17.4. The number of rotatable bonds is 2. The molecule has 88 valence electrons. The Morgan fingerprint density at radius 1 is 1.44 bits per heavy atom. The molecule has 1 aromatic rings. The lowest BCUT2D eigenvalue weighted by Crippen LogP contribution is -2.41. The highest BCUT2D eigenvalue weighted by atomic mass is 32.2. The minimum Gasteiger partial charge on any atom is -0.363 e. The molecule has 1 aromatic heterocycles. The van der Waals surface area contributed by atoms with Gasteiger partial charge in [-0.3, -0.25) is 9.00 Å². The zero-order valence-electron chi connectivity index (χ0n) is 8.80. The van der Waals surface area contributed by atoms with Crippen molar-refractivity contribution in [2.75, 3.05) is 37.0 Å². The number of hydrogen-bond donors (Lipinski definition) is 1. The van der Waals surface area contributed by atoms with E-state index in [-0.39, 0.29) is 5.91 Å². The number of anilines is 1. The Kier molecular flexibility index (Phi) is 3.49. The second-order valence-electron chi connectivity index (χ2n) is 3.30. The molecule has 0 aromatic carbocycles. The van der Waals surface area contributed by atoms with Gasteiger partial charge in [-0.15, -0.1) is 10.2 Å². The number of carbonyl (C=O) groups is 1. The third-order valence-corrected chi connectivity index (χ3v) is 4.49. The van der Waals surface area contributed by atoms with Crippen LogP contribution < -0.4 is 5.32 Å².